The van der Waals surface area contributed by atoms with Gasteiger partial charge in [-0.3, -0.25) is 9.59 Å². The lowest BCUT2D eigenvalue weighted by Crippen LogP contribution is -2.16. The standard InChI is InChI=1S/C7H10O3S/c1-10-7(9)2-5-3-11-4-6(5)8/h5H,2-4H2,1H3. The first-order valence-electron chi connectivity index (χ1n) is 3.41. The van der Waals surface area contributed by atoms with Gasteiger partial charge < -0.3 is 4.74 Å². The van der Waals surface area contributed by atoms with Crippen molar-refractivity contribution in [3.05, 3.63) is 0 Å². The summed E-state index contributed by atoms with van der Waals surface area (Å²) in [6.07, 6.45) is 0.252. The third-order valence-electron chi connectivity index (χ3n) is 1.66. The highest BCUT2D eigenvalue weighted by atomic mass is 32.2. The van der Waals surface area contributed by atoms with E-state index < -0.39 is 0 Å². The molecule has 0 aromatic heterocycles. The lowest BCUT2D eigenvalue weighted by Gasteiger charge is -2.03. The maximum absolute atomic E-state index is 11.0. The van der Waals surface area contributed by atoms with Crippen molar-refractivity contribution in [2.45, 2.75) is 6.42 Å². The van der Waals surface area contributed by atoms with Crippen LogP contribution in [0.4, 0.5) is 0 Å². The van der Waals surface area contributed by atoms with Gasteiger partial charge >= 0.3 is 5.97 Å². The molecule has 0 amide bonds. The fourth-order valence-electron chi connectivity index (χ4n) is 0.970. The van der Waals surface area contributed by atoms with E-state index in [1.165, 1.54) is 7.11 Å². The van der Waals surface area contributed by atoms with Crippen molar-refractivity contribution in [3.63, 3.8) is 0 Å². The minimum Gasteiger partial charge on any atom is -0.469 e. The van der Waals surface area contributed by atoms with Gasteiger partial charge in [0.05, 0.1) is 19.3 Å². The fraction of sp³-hybridized carbons (Fsp3) is 0.714. The molecule has 0 aromatic carbocycles. The van der Waals surface area contributed by atoms with Gasteiger partial charge in [-0.1, -0.05) is 0 Å². The second-order valence-corrected chi connectivity index (χ2v) is 3.49. The van der Waals surface area contributed by atoms with Crippen LogP contribution >= 0.6 is 11.8 Å². The average Bonchev–Trinajstić information content (AvgIpc) is 2.37. The molecule has 0 aliphatic carbocycles. The molecule has 1 rings (SSSR count). The smallest absolute Gasteiger partial charge is 0.306 e. The largest absolute Gasteiger partial charge is 0.469 e. The number of methoxy groups -OCH3 is 1. The van der Waals surface area contributed by atoms with Crippen molar-refractivity contribution in [1.82, 2.24) is 0 Å². The summed E-state index contributed by atoms with van der Waals surface area (Å²) in [5, 5.41) is 0. The van der Waals surface area contributed by atoms with E-state index >= 15 is 0 Å². The van der Waals surface area contributed by atoms with Crippen LogP contribution in [0.25, 0.3) is 0 Å². The van der Waals surface area contributed by atoms with Crippen molar-refractivity contribution in [2.75, 3.05) is 18.6 Å². The van der Waals surface area contributed by atoms with Crippen molar-refractivity contribution in [1.29, 1.82) is 0 Å². The molecule has 11 heavy (non-hydrogen) atoms. The molecule has 0 saturated carbocycles. The van der Waals surface area contributed by atoms with Crippen LogP contribution in [-0.4, -0.2) is 30.4 Å². The molecule has 0 radical (unpaired) electrons. The van der Waals surface area contributed by atoms with Gasteiger partial charge in [-0.2, -0.15) is 11.8 Å². The number of Topliss-reactive ketones (excluding diaryl/α,β-unsaturated/α-hetero) is 1. The number of rotatable bonds is 2. The first kappa shape index (κ1) is 8.59. The number of carbonyl (C=O) groups is 2. The van der Waals surface area contributed by atoms with Crippen molar-refractivity contribution < 1.29 is 14.3 Å². The summed E-state index contributed by atoms with van der Waals surface area (Å²) < 4.78 is 4.46. The van der Waals surface area contributed by atoms with Crippen LogP contribution in [0.3, 0.4) is 0 Å². The number of thioether (sulfide) groups is 1. The van der Waals surface area contributed by atoms with Crippen LogP contribution in [0.5, 0.6) is 0 Å². The summed E-state index contributed by atoms with van der Waals surface area (Å²) in [5.74, 6) is 1.13. The number of ether oxygens (including phenoxy) is 1. The summed E-state index contributed by atoms with van der Waals surface area (Å²) in [5.41, 5.74) is 0. The summed E-state index contributed by atoms with van der Waals surface area (Å²) >= 11 is 1.59. The molecule has 1 fully saturated rings. The Morgan fingerprint density at radius 1 is 1.82 bits per heavy atom. The van der Waals surface area contributed by atoms with E-state index in [2.05, 4.69) is 4.74 Å². The minimum absolute atomic E-state index is 0.0903. The molecule has 4 heteroatoms. The van der Waals surface area contributed by atoms with Crippen molar-refractivity contribution >= 4 is 23.5 Å². The maximum Gasteiger partial charge on any atom is 0.306 e. The van der Waals surface area contributed by atoms with E-state index in [0.717, 1.165) is 5.75 Å². The Hall–Kier alpha value is -0.510. The molecule has 1 unspecified atom stereocenters. The van der Waals surface area contributed by atoms with Crippen molar-refractivity contribution in [2.24, 2.45) is 5.92 Å². The zero-order valence-electron chi connectivity index (χ0n) is 6.33. The maximum atomic E-state index is 11.0. The molecule has 1 aliphatic rings. The number of esters is 1. The molecular weight excluding hydrogens is 164 g/mol. The zero-order chi connectivity index (χ0) is 8.27. The minimum atomic E-state index is -0.286. The van der Waals surface area contributed by atoms with E-state index in [0.29, 0.717) is 5.75 Å². The fourth-order valence-corrected chi connectivity index (χ4v) is 2.11. The Labute approximate surface area is 69.5 Å². The first-order chi connectivity index (χ1) is 5.24. The summed E-state index contributed by atoms with van der Waals surface area (Å²) in [7, 11) is 1.34. The van der Waals surface area contributed by atoms with Crippen LogP contribution in [0.2, 0.25) is 0 Å². The average molecular weight is 174 g/mol. The molecule has 0 spiro atoms. The molecule has 3 nitrogen and oxygen atoms in total. The van der Waals surface area contributed by atoms with Crippen LogP contribution in [0, 0.1) is 5.92 Å². The summed E-state index contributed by atoms with van der Waals surface area (Å²) in [6.45, 7) is 0. The van der Waals surface area contributed by atoms with E-state index in [9.17, 15) is 9.59 Å². The number of carbonyl (C=O) groups excluding carboxylic acids is 2. The van der Waals surface area contributed by atoms with Gasteiger partial charge in [0.15, 0.2) is 0 Å². The highest BCUT2D eigenvalue weighted by molar-refractivity contribution is 8.00. The highest BCUT2D eigenvalue weighted by Gasteiger charge is 2.27. The highest BCUT2D eigenvalue weighted by Crippen LogP contribution is 2.22. The number of ketones is 1. The van der Waals surface area contributed by atoms with Gasteiger partial charge in [0.1, 0.15) is 5.78 Å². The van der Waals surface area contributed by atoms with Crippen LogP contribution in [-0.2, 0) is 14.3 Å². The van der Waals surface area contributed by atoms with Gasteiger partial charge in [-0.15, -0.1) is 0 Å². The second kappa shape index (κ2) is 3.76. The predicted octanol–water partition coefficient (Wildman–Crippen LogP) is 0.482. The SMILES string of the molecule is COC(=O)CC1CSCC1=O. The Morgan fingerprint density at radius 3 is 3.00 bits per heavy atom. The van der Waals surface area contributed by atoms with E-state index in [1.807, 2.05) is 0 Å². The van der Waals surface area contributed by atoms with Gasteiger partial charge in [-0.25, -0.2) is 0 Å². The zero-order valence-corrected chi connectivity index (χ0v) is 7.15. The Bertz CT molecular complexity index is 179. The third kappa shape index (κ3) is 2.22. The molecular formula is C7H10O3S. The van der Waals surface area contributed by atoms with Gasteiger partial charge in [-0.05, 0) is 0 Å². The first-order valence-corrected chi connectivity index (χ1v) is 4.56. The molecule has 1 saturated heterocycles. The molecule has 0 N–H and O–H groups in total. The van der Waals surface area contributed by atoms with Crippen LogP contribution < -0.4 is 0 Å². The lowest BCUT2D eigenvalue weighted by molar-refractivity contribution is -0.143. The number of hydrogen-bond acceptors (Lipinski definition) is 4. The lowest BCUT2D eigenvalue weighted by atomic mass is 10.0. The molecule has 1 atom stereocenters. The van der Waals surface area contributed by atoms with E-state index in [-0.39, 0.29) is 24.1 Å². The molecule has 0 aromatic rings. The summed E-state index contributed by atoms with van der Waals surface area (Å²) in [4.78, 5) is 21.7. The monoisotopic (exact) mass is 174 g/mol. The topological polar surface area (TPSA) is 43.4 Å². The quantitative estimate of drug-likeness (QED) is 0.571. The van der Waals surface area contributed by atoms with Crippen LogP contribution in [0.15, 0.2) is 0 Å². The van der Waals surface area contributed by atoms with E-state index in [4.69, 9.17) is 0 Å². The van der Waals surface area contributed by atoms with Gasteiger partial charge in [0, 0.05) is 11.7 Å². The van der Waals surface area contributed by atoms with Crippen molar-refractivity contribution in [3.8, 4) is 0 Å². The third-order valence-corrected chi connectivity index (χ3v) is 2.79. The van der Waals surface area contributed by atoms with Gasteiger partial charge in [0.2, 0.25) is 0 Å². The van der Waals surface area contributed by atoms with Gasteiger partial charge in [0.25, 0.3) is 0 Å². The Balaban J connectivity index is 2.36. The molecule has 1 aliphatic heterocycles. The van der Waals surface area contributed by atoms with E-state index in [1.54, 1.807) is 11.8 Å². The summed E-state index contributed by atoms with van der Waals surface area (Å²) in [6, 6.07) is 0. The predicted molar refractivity (Wildman–Crippen MR) is 42.5 cm³/mol. The normalized spacial score (nSPS) is 23.7. The Morgan fingerprint density at radius 2 is 2.55 bits per heavy atom. The van der Waals surface area contributed by atoms with Crippen LogP contribution in [0.1, 0.15) is 6.42 Å². The molecule has 62 valence electrons. The molecule has 1 heterocycles. The number of hydrogen-bond donors (Lipinski definition) is 0. The Kier molecular flexibility index (Phi) is 2.93. The second-order valence-electron chi connectivity index (χ2n) is 2.46. The molecule has 0 bridgehead atoms.